The molecule has 0 spiro atoms. The van der Waals surface area contributed by atoms with Crippen LogP contribution < -0.4 is 10.2 Å². The van der Waals surface area contributed by atoms with Gasteiger partial charge in [-0.1, -0.05) is 237 Å². The van der Waals surface area contributed by atoms with Crippen LogP contribution in [0, 0.1) is 0 Å². The Morgan fingerprint density at radius 2 is 0.889 bits per heavy atom. The maximum absolute atomic E-state index is 12.9. The fourth-order valence-corrected chi connectivity index (χ4v) is 8.56. The van der Waals surface area contributed by atoms with E-state index in [-0.39, 0.29) is 12.5 Å². The van der Waals surface area contributed by atoms with Crippen molar-refractivity contribution in [3.05, 3.63) is 36.5 Å². The largest absolute Gasteiger partial charge is 0.756 e. The molecule has 8 nitrogen and oxygen atoms in total. The molecule has 1 amide bonds. The molecule has 63 heavy (non-hydrogen) atoms. The Hall–Kier alpha value is -1.28. The zero-order valence-electron chi connectivity index (χ0n) is 42.3. The van der Waals surface area contributed by atoms with E-state index in [4.69, 9.17) is 9.05 Å². The summed E-state index contributed by atoms with van der Waals surface area (Å²) in [6, 6.07) is -0.907. The van der Waals surface area contributed by atoms with E-state index in [9.17, 15) is 19.4 Å². The molecule has 3 atom stereocenters. The number of hydrogen-bond acceptors (Lipinski definition) is 6. The van der Waals surface area contributed by atoms with Crippen molar-refractivity contribution in [1.82, 2.24) is 5.32 Å². The molecule has 0 bridgehead atoms. The van der Waals surface area contributed by atoms with E-state index in [1.165, 1.54) is 186 Å². The number of likely N-dealkylation sites (N-methyl/N-ethyl adjacent to an activating group) is 1. The number of carbonyl (C=O) groups excluding carboxylic acids is 1. The van der Waals surface area contributed by atoms with Gasteiger partial charge in [-0.2, -0.15) is 0 Å². The summed E-state index contributed by atoms with van der Waals surface area (Å²) in [7, 11) is 1.24. The van der Waals surface area contributed by atoms with Gasteiger partial charge >= 0.3 is 0 Å². The Labute approximate surface area is 391 Å². The smallest absolute Gasteiger partial charge is 0.268 e. The van der Waals surface area contributed by atoms with Crippen LogP contribution in [0.15, 0.2) is 36.5 Å². The number of nitrogens with one attached hydrogen (secondary N) is 1. The average molecular weight is 909 g/mol. The fraction of sp³-hybridized carbons (Fsp3) is 0.870. The van der Waals surface area contributed by atoms with Gasteiger partial charge in [-0.25, -0.2) is 0 Å². The zero-order valence-corrected chi connectivity index (χ0v) is 43.2. The number of hydrogen-bond donors (Lipinski definition) is 2. The zero-order chi connectivity index (χ0) is 46.4. The summed E-state index contributed by atoms with van der Waals surface area (Å²) in [5.41, 5.74) is 0. The molecule has 0 aliphatic rings. The van der Waals surface area contributed by atoms with Gasteiger partial charge in [0, 0.05) is 6.42 Å². The lowest BCUT2D eigenvalue weighted by molar-refractivity contribution is -0.870. The number of allylic oxidation sites excluding steroid dienone is 5. The third-order valence-corrected chi connectivity index (χ3v) is 13.0. The number of unbranched alkanes of at least 4 members (excludes halogenated alkanes) is 32. The molecule has 0 aromatic heterocycles. The molecule has 0 aromatic rings. The van der Waals surface area contributed by atoms with Crippen molar-refractivity contribution in [2.45, 2.75) is 264 Å². The molecule has 0 aliphatic heterocycles. The lowest BCUT2D eigenvalue weighted by Gasteiger charge is -2.29. The standard InChI is InChI=1S/C54H105N2O6P/c1-6-8-10-12-14-16-18-20-22-24-25-26-27-28-29-30-32-34-36-38-40-42-44-46-48-54(58)55-52(51-62-63(59,60)61-50-49-56(3,4)5)53(57)47-45-43-41-39-37-35-33-31-23-21-19-17-15-13-11-9-7-2/h23,31,37,39,45,47,52-53,57H,6-22,24-30,32-36,38,40-44,46,48-51H2,1-5H3,(H-,55,58,59,60)/b31-23+,39-37+,47-45+. The third-order valence-electron chi connectivity index (χ3n) is 12.1. The molecule has 372 valence electrons. The van der Waals surface area contributed by atoms with Crippen LogP contribution >= 0.6 is 7.82 Å². The third kappa shape index (κ3) is 48.5. The van der Waals surface area contributed by atoms with Crippen molar-refractivity contribution in [2.24, 2.45) is 0 Å². The van der Waals surface area contributed by atoms with Crippen molar-refractivity contribution in [3.8, 4) is 0 Å². The SMILES string of the molecule is CCCCCCCCC/C=C/CC/C=C/CC/C=C/C(O)C(COP(=O)([O-])OCC[N+](C)(C)C)NC(=O)CCCCCCCCCCCCCCCCCCCCCCCCCC. The van der Waals surface area contributed by atoms with Gasteiger partial charge in [0.1, 0.15) is 13.2 Å². The van der Waals surface area contributed by atoms with E-state index in [0.717, 1.165) is 44.9 Å². The van der Waals surface area contributed by atoms with Crippen molar-refractivity contribution in [2.75, 3.05) is 40.9 Å². The van der Waals surface area contributed by atoms with Gasteiger partial charge in [0.05, 0.1) is 39.9 Å². The van der Waals surface area contributed by atoms with E-state index >= 15 is 0 Å². The van der Waals surface area contributed by atoms with E-state index in [2.05, 4.69) is 43.5 Å². The van der Waals surface area contributed by atoms with Gasteiger partial charge < -0.3 is 28.8 Å². The summed E-state index contributed by atoms with van der Waals surface area (Å²) >= 11 is 0. The fourth-order valence-electron chi connectivity index (χ4n) is 7.83. The van der Waals surface area contributed by atoms with E-state index in [1.54, 1.807) is 6.08 Å². The molecule has 0 aliphatic carbocycles. The Morgan fingerprint density at radius 1 is 0.540 bits per heavy atom. The lowest BCUT2D eigenvalue weighted by Crippen LogP contribution is -2.45. The average Bonchev–Trinajstić information content (AvgIpc) is 3.24. The topological polar surface area (TPSA) is 108 Å². The Bertz CT molecular complexity index is 1120. The van der Waals surface area contributed by atoms with Crippen LogP contribution in [0.25, 0.3) is 0 Å². The first-order valence-electron chi connectivity index (χ1n) is 26.9. The minimum Gasteiger partial charge on any atom is -0.756 e. The number of quaternary nitrogens is 1. The highest BCUT2D eigenvalue weighted by Gasteiger charge is 2.23. The van der Waals surface area contributed by atoms with Crippen LogP contribution in [-0.2, 0) is 18.4 Å². The molecular weight excluding hydrogens is 804 g/mol. The Balaban J connectivity index is 4.26. The minimum atomic E-state index is -4.60. The number of phosphoric acid groups is 1. The molecule has 0 radical (unpaired) electrons. The monoisotopic (exact) mass is 909 g/mol. The van der Waals surface area contributed by atoms with E-state index in [0.29, 0.717) is 17.4 Å². The molecule has 0 saturated heterocycles. The summed E-state index contributed by atoms with van der Waals surface area (Å²) in [5, 5.41) is 13.8. The normalized spacial score (nSPS) is 14.3. The second-order valence-corrected chi connectivity index (χ2v) is 21.0. The second kappa shape index (κ2) is 45.9. The highest BCUT2D eigenvalue weighted by atomic mass is 31.2. The molecule has 2 N–H and O–H groups in total. The van der Waals surface area contributed by atoms with Crippen molar-refractivity contribution >= 4 is 13.7 Å². The molecule has 0 heterocycles. The van der Waals surface area contributed by atoms with Gasteiger partial charge in [0.15, 0.2) is 0 Å². The molecule has 0 saturated carbocycles. The molecule has 0 fully saturated rings. The van der Waals surface area contributed by atoms with Gasteiger partial charge in [0.2, 0.25) is 5.91 Å². The van der Waals surface area contributed by atoms with Gasteiger partial charge in [-0.3, -0.25) is 9.36 Å². The highest BCUT2D eigenvalue weighted by Crippen LogP contribution is 2.38. The van der Waals surface area contributed by atoms with Crippen molar-refractivity contribution in [1.29, 1.82) is 0 Å². The first kappa shape index (κ1) is 61.7. The first-order chi connectivity index (χ1) is 30.5. The van der Waals surface area contributed by atoms with Crippen LogP contribution in [0.2, 0.25) is 0 Å². The van der Waals surface area contributed by atoms with Crippen molar-refractivity contribution in [3.63, 3.8) is 0 Å². The summed E-state index contributed by atoms with van der Waals surface area (Å²) in [6.07, 6.45) is 57.9. The first-order valence-corrected chi connectivity index (χ1v) is 28.3. The van der Waals surface area contributed by atoms with Crippen LogP contribution in [-0.4, -0.2) is 68.5 Å². The van der Waals surface area contributed by atoms with Crippen molar-refractivity contribution < 1.29 is 32.9 Å². The van der Waals surface area contributed by atoms with Crippen LogP contribution in [0.1, 0.15) is 251 Å². The summed E-state index contributed by atoms with van der Waals surface area (Å²) in [5.74, 6) is -0.207. The number of phosphoric ester groups is 1. The predicted octanol–water partition coefficient (Wildman–Crippen LogP) is 15.2. The Morgan fingerprint density at radius 3 is 1.29 bits per heavy atom. The maximum Gasteiger partial charge on any atom is 0.268 e. The molecule has 0 rings (SSSR count). The maximum atomic E-state index is 12.9. The van der Waals surface area contributed by atoms with E-state index in [1.807, 2.05) is 27.2 Å². The Kier molecular flexibility index (Phi) is 44.9. The molecular formula is C54H105N2O6P. The number of carbonyl (C=O) groups is 1. The number of aliphatic hydroxyl groups excluding tert-OH is 1. The van der Waals surface area contributed by atoms with E-state index < -0.39 is 26.6 Å². The lowest BCUT2D eigenvalue weighted by atomic mass is 10.0. The summed E-state index contributed by atoms with van der Waals surface area (Å²) < 4.78 is 23.3. The van der Waals surface area contributed by atoms with Crippen LogP contribution in [0.5, 0.6) is 0 Å². The number of nitrogens with zero attached hydrogens (tertiary/aromatic N) is 1. The highest BCUT2D eigenvalue weighted by molar-refractivity contribution is 7.45. The van der Waals surface area contributed by atoms with Gasteiger partial charge in [-0.05, 0) is 44.9 Å². The minimum absolute atomic E-state index is 0.00756. The quantitative estimate of drug-likeness (QED) is 0.0272. The number of rotatable bonds is 49. The summed E-state index contributed by atoms with van der Waals surface area (Å²) in [6.45, 7) is 4.64. The van der Waals surface area contributed by atoms with Crippen LogP contribution in [0.3, 0.4) is 0 Å². The van der Waals surface area contributed by atoms with Crippen LogP contribution in [0.4, 0.5) is 0 Å². The predicted molar refractivity (Wildman–Crippen MR) is 270 cm³/mol. The van der Waals surface area contributed by atoms with Gasteiger partial charge in [0.25, 0.3) is 7.82 Å². The molecule has 3 unspecified atom stereocenters. The van der Waals surface area contributed by atoms with Gasteiger partial charge in [-0.15, -0.1) is 0 Å². The second-order valence-electron chi connectivity index (χ2n) is 19.6. The number of amides is 1. The molecule has 9 heteroatoms. The number of aliphatic hydroxyl groups is 1. The molecule has 0 aromatic carbocycles. The summed E-state index contributed by atoms with van der Waals surface area (Å²) in [4.78, 5) is 25.4.